The van der Waals surface area contributed by atoms with E-state index in [-0.39, 0.29) is 11.3 Å². The van der Waals surface area contributed by atoms with Gasteiger partial charge in [-0.3, -0.25) is 14.8 Å². The molecule has 2 rings (SSSR count). The second kappa shape index (κ2) is 5.40. The van der Waals surface area contributed by atoms with Gasteiger partial charge in [-0.05, 0) is 6.07 Å². The summed E-state index contributed by atoms with van der Waals surface area (Å²) in [6.07, 6.45) is 3.63. The first-order valence-electron chi connectivity index (χ1n) is 5.88. The molecule has 20 heavy (non-hydrogen) atoms. The number of hydrogen-bond donors (Lipinski definition) is 0. The quantitative estimate of drug-likeness (QED) is 0.625. The Balaban J connectivity index is 2.27. The topological polar surface area (TPSA) is 88.0 Å². The van der Waals surface area contributed by atoms with E-state index in [4.69, 9.17) is 5.26 Å². The van der Waals surface area contributed by atoms with Gasteiger partial charge in [-0.25, -0.2) is 0 Å². The van der Waals surface area contributed by atoms with Crippen LogP contribution in [-0.2, 0) is 13.6 Å². The van der Waals surface area contributed by atoms with Gasteiger partial charge >= 0.3 is 0 Å². The van der Waals surface area contributed by atoms with Gasteiger partial charge in [0.05, 0.1) is 22.4 Å². The van der Waals surface area contributed by atoms with E-state index in [1.165, 1.54) is 12.1 Å². The number of nitro groups is 1. The highest BCUT2D eigenvalue weighted by Gasteiger charge is 2.14. The van der Waals surface area contributed by atoms with Crippen LogP contribution in [0.25, 0.3) is 0 Å². The van der Waals surface area contributed by atoms with Crippen LogP contribution in [-0.4, -0.2) is 21.8 Å². The number of aromatic nitrogens is 2. The fraction of sp³-hybridized carbons (Fsp3) is 0.231. The molecule has 0 radical (unpaired) electrons. The van der Waals surface area contributed by atoms with E-state index in [2.05, 4.69) is 5.10 Å². The van der Waals surface area contributed by atoms with Gasteiger partial charge in [0.15, 0.2) is 0 Å². The Labute approximate surface area is 115 Å². The molecule has 0 spiro atoms. The van der Waals surface area contributed by atoms with Gasteiger partial charge in [0.1, 0.15) is 6.07 Å². The van der Waals surface area contributed by atoms with E-state index in [0.29, 0.717) is 12.2 Å². The third-order valence-corrected chi connectivity index (χ3v) is 2.90. The molecule has 1 heterocycles. The maximum Gasteiger partial charge on any atom is 0.270 e. The Hall–Kier alpha value is -2.88. The highest BCUT2D eigenvalue weighted by molar-refractivity contribution is 5.62. The number of nitro benzene ring substituents is 1. The smallest absolute Gasteiger partial charge is 0.270 e. The molecule has 102 valence electrons. The zero-order valence-electron chi connectivity index (χ0n) is 11.1. The Morgan fingerprint density at radius 1 is 1.55 bits per heavy atom. The number of benzene rings is 1. The van der Waals surface area contributed by atoms with Gasteiger partial charge in [-0.15, -0.1) is 0 Å². The maximum atomic E-state index is 10.7. The molecule has 0 aliphatic rings. The van der Waals surface area contributed by atoms with Gasteiger partial charge < -0.3 is 4.90 Å². The predicted molar refractivity (Wildman–Crippen MR) is 73.1 cm³/mol. The average molecular weight is 271 g/mol. The van der Waals surface area contributed by atoms with E-state index in [0.717, 1.165) is 5.56 Å². The van der Waals surface area contributed by atoms with Crippen LogP contribution < -0.4 is 4.90 Å². The SMILES string of the molecule is CN(Cc1cnn(C)c1)c1ccc([N+](=O)[O-])cc1C#N. The lowest BCUT2D eigenvalue weighted by Gasteiger charge is -2.19. The van der Waals surface area contributed by atoms with E-state index in [9.17, 15) is 10.1 Å². The van der Waals surface area contributed by atoms with Gasteiger partial charge in [0.25, 0.3) is 5.69 Å². The van der Waals surface area contributed by atoms with Gasteiger partial charge in [0, 0.05) is 44.5 Å². The van der Waals surface area contributed by atoms with Crippen LogP contribution in [0.4, 0.5) is 11.4 Å². The number of nitrogens with zero attached hydrogens (tertiary/aromatic N) is 5. The molecule has 1 aromatic heterocycles. The van der Waals surface area contributed by atoms with Crippen LogP contribution in [0.1, 0.15) is 11.1 Å². The van der Waals surface area contributed by atoms with Crippen molar-refractivity contribution in [2.75, 3.05) is 11.9 Å². The molecule has 0 N–H and O–H groups in total. The molecule has 0 aliphatic heterocycles. The second-order valence-electron chi connectivity index (χ2n) is 4.45. The summed E-state index contributed by atoms with van der Waals surface area (Å²) in [7, 11) is 3.66. The molecule has 0 aliphatic carbocycles. The van der Waals surface area contributed by atoms with Crippen LogP contribution >= 0.6 is 0 Å². The van der Waals surface area contributed by atoms with E-state index < -0.39 is 4.92 Å². The van der Waals surface area contributed by atoms with Crippen molar-refractivity contribution in [1.82, 2.24) is 9.78 Å². The van der Waals surface area contributed by atoms with Crippen molar-refractivity contribution >= 4 is 11.4 Å². The third-order valence-electron chi connectivity index (χ3n) is 2.90. The predicted octanol–water partition coefficient (Wildman–Crippen LogP) is 1.84. The molecule has 0 amide bonds. The first kappa shape index (κ1) is 13.5. The Kier molecular flexibility index (Phi) is 3.66. The standard InChI is InChI=1S/C13H13N5O2/c1-16(8-10-7-15-17(2)9-10)13-4-3-12(18(19)20)5-11(13)6-14/h3-5,7,9H,8H2,1-2H3. The fourth-order valence-corrected chi connectivity index (χ4v) is 1.97. The van der Waals surface area contributed by atoms with Gasteiger partial charge in [0.2, 0.25) is 0 Å². The number of aryl methyl sites for hydroxylation is 1. The minimum Gasteiger partial charge on any atom is -0.369 e. The first-order chi connectivity index (χ1) is 9.51. The van der Waals surface area contributed by atoms with Crippen molar-refractivity contribution < 1.29 is 4.92 Å². The van der Waals surface area contributed by atoms with Crippen molar-refractivity contribution in [1.29, 1.82) is 5.26 Å². The summed E-state index contributed by atoms with van der Waals surface area (Å²) >= 11 is 0. The molecule has 7 heteroatoms. The highest BCUT2D eigenvalue weighted by atomic mass is 16.6. The van der Waals surface area contributed by atoms with Crippen molar-refractivity contribution in [2.45, 2.75) is 6.54 Å². The number of non-ortho nitro benzene ring substituents is 1. The minimum atomic E-state index is -0.508. The number of rotatable bonds is 4. The van der Waals surface area contributed by atoms with Crippen molar-refractivity contribution in [2.24, 2.45) is 7.05 Å². The summed E-state index contributed by atoms with van der Waals surface area (Å²) < 4.78 is 1.70. The molecular formula is C13H13N5O2. The zero-order valence-corrected chi connectivity index (χ0v) is 11.1. The molecule has 0 saturated carbocycles. The summed E-state index contributed by atoms with van der Waals surface area (Å²) in [6, 6.07) is 6.27. The molecule has 0 fully saturated rings. The van der Waals surface area contributed by atoms with Gasteiger partial charge in [-0.2, -0.15) is 10.4 Å². The van der Waals surface area contributed by atoms with E-state index >= 15 is 0 Å². The minimum absolute atomic E-state index is 0.0833. The molecule has 0 unspecified atom stereocenters. The van der Waals surface area contributed by atoms with Crippen LogP contribution in [0.3, 0.4) is 0 Å². The zero-order chi connectivity index (χ0) is 14.7. The van der Waals surface area contributed by atoms with Crippen molar-refractivity contribution in [3.8, 4) is 6.07 Å². The summed E-state index contributed by atoms with van der Waals surface area (Å²) in [4.78, 5) is 12.1. The Morgan fingerprint density at radius 2 is 2.30 bits per heavy atom. The van der Waals surface area contributed by atoms with Gasteiger partial charge in [-0.1, -0.05) is 0 Å². The van der Waals surface area contributed by atoms with Crippen molar-refractivity contribution in [3.05, 3.63) is 51.8 Å². The molecule has 2 aromatic rings. The van der Waals surface area contributed by atoms with E-state index in [1.54, 1.807) is 16.9 Å². The van der Waals surface area contributed by atoms with Crippen LogP contribution in [0.2, 0.25) is 0 Å². The first-order valence-corrected chi connectivity index (χ1v) is 5.88. The monoisotopic (exact) mass is 271 g/mol. The average Bonchev–Trinajstić information content (AvgIpc) is 2.83. The summed E-state index contributed by atoms with van der Waals surface area (Å²) in [5.41, 5.74) is 1.85. The largest absolute Gasteiger partial charge is 0.369 e. The molecule has 0 bridgehead atoms. The molecule has 0 atom stereocenters. The maximum absolute atomic E-state index is 10.7. The van der Waals surface area contributed by atoms with E-state index in [1.807, 2.05) is 31.3 Å². The summed E-state index contributed by atoms with van der Waals surface area (Å²) in [5, 5.41) is 23.9. The molecule has 1 aromatic carbocycles. The third kappa shape index (κ3) is 2.75. The summed E-state index contributed by atoms with van der Waals surface area (Å²) in [5.74, 6) is 0. The Morgan fingerprint density at radius 3 is 2.85 bits per heavy atom. The second-order valence-corrected chi connectivity index (χ2v) is 4.45. The lowest BCUT2D eigenvalue weighted by molar-refractivity contribution is -0.384. The normalized spacial score (nSPS) is 10.1. The van der Waals surface area contributed by atoms with Crippen LogP contribution in [0, 0.1) is 21.4 Å². The fourth-order valence-electron chi connectivity index (χ4n) is 1.97. The molecular weight excluding hydrogens is 258 g/mol. The van der Waals surface area contributed by atoms with Crippen molar-refractivity contribution in [3.63, 3.8) is 0 Å². The number of hydrogen-bond acceptors (Lipinski definition) is 5. The van der Waals surface area contributed by atoms with Crippen LogP contribution in [0.15, 0.2) is 30.6 Å². The lowest BCUT2D eigenvalue weighted by Crippen LogP contribution is -2.17. The summed E-state index contributed by atoms with van der Waals surface area (Å²) in [6.45, 7) is 0.570. The Bertz CT molecular complexity index is 686. The molecule has 0 saturated heterocycles. The number of anilines is 1. The molecule has 7 nitrogen and oxygen atoms in total. The van der Waals surface area contributed by atoms with Crippen LogP contribution in [0.5, 0.6) is 0 Å². The highest BCUT2D eigenvalue weighted by Crippen LogP contribution is 2.25. The number of nitriles is 1. The lowest BCUT2D eigenvalue weighted by atomic mass is 10.1.